The van der Waals surface area contributed by atoms with Crippen LogP contribution in [0.25, 0.3) is 0 Å². The first-order valence-electron chi connectivity index (χ1n) is 7.89. The van der Waals surface area contributed by atoms with Crippen molar-refractivity contribution in [3.63, 3.8) is 0 Å². The van der Waals surface area contributed by atoms with Crippen molar-refractivity contribution in [3.05, 3.63) is 34.3 Å². The molecule has 1 saturated heterocycles. The number of amides is 3. The molecule has 2 aliphatic rings. The minimum Gasteiger partial charge on any atom is -0.337 e. The minimum atomic E-state index is -3.14. The topological polar surface area (TPSA) is 91.8 Å². The first-order valence-corrected chi connectivity index (χ1v) is 10.1. The van der Waals surface area contributed by atoms with Crippen LogP contribution < -0.4 is 0 Å². The van der Waals surface area contributed by atoms with Gasteiger partial charge in [0, 0.05) is 17.6 Å². The molecule has 3 rings (SSSR count). The normalized spacial score (nSPS) is 21.5. The second-order valence-corrected chi connectivity index (χ2v) is 8.79. The number of halogens is 1. The number of hydrogen-bond donors (Lipinski definition) is 0. The van der Waals surface area contributed by atoms with Crippen LogP contribution in [0.1, 0.15) is 34.1 Å². The monoisotopic (exact) mass is 384 g/mol. The van der Waals surface area contributed by atoms with Crippen LogP contribution in [0.4, 0.5) is 0 Å². The first-order chi connectivity index (χ1) is 11.7. The predicted octanol–water partition coefficient (Wildman–Crippen LogP) is 0.972. The van der Waals surface area contributed by atoms with E-state index in [0.29, 0.717) is 18.0 Å². The zero-order valence-corrected chi connectivity index (χ0v) is 15.1. The number of sulfone groups is 1. The summed E-state index contributed by atoms with van der Waals surface area (Å²) in [5.74, 6) is -1.58. The summed E-state index contributed by atoms with van der Waals surface area (Å²) < 4.78 is 23.3. The second-order valence-electron chi connectivity index (χ2n) is 6.12. The molecule has 25 heavy (non-hydrogen) atoms. The Hall–Kier alpha value is -1.93. The number of benzene rings is 1. The smallest absolute Gasteiger partial charge is 0.262 e. The lowest BCUT2D eigenvalue weighted by molar-refractivity contribution is -0.133. The van der Waals surface area contributed by atoms with Crippen LogP contribution in [0, 0.1) is 0 Å². The van der Waals surface area contributed by atoms with Gasteiger partial charge in [-0.15, -0.1) is 0 Å². The van der Waals surface area contributed by atoms with E-state index in [4.69, 9.17) is 11.6 Å². The predicted molar refractivity (Wildman–Crippen MR) is 91.3 cm³/mol. The molecule has 2 aliphatic heterocycles. The fourth-order valence-electron chi connectivity index (χ4n) is 3.29. The van der Waals surface area contributed by atoms with Crippen molar-refractivity contribution in [3.8, 4) is 0 Å². The molecule has 0 spiro atoms. The van der Waals surface area contributed by atoms with Crippen LogP contribution in [0.2, 0.25) is 5.02 Å². The fourth-order valence-corrected chi connectivity index (χ4v) is 5.19. The van der Waals surface area contributed by atoms with E-state index >= 15 is 0 Å². The number of rotatable bonds is 4. The summed E-state index contributed by atoms with van der Waals surface area (Å²) in [6.45, 7) is 1.65. The van der Waals surface area contributed by atoms with Gasteiger partial charge in [0.2, 0.25) is 5.91 Å². The van der Waals surface area contributed by atoms with E-state index in [0.717, 1.165) is 4.90 Å². The highest BCUT2D eigenvalue weighted by molar-refractivity contribution is 7.91. The zero-order chi connectivity index (χ0) is 18.4. The molecule has 0 aromatic heterocycles. The maximum absolute atomic E-state index is 12.6. The van der Waals surface area contributed by atoms with Gasteiger partial charge in [-0.3, -0.25) is 19.3 Å². The molecule has 0 bridgehead atoms. The van der Waals surface area contributed by atoms with Crippen molar-refractivity contribution in [2.45, 2.75) is 19.4 Å². The van der Waals surface area contributed by atoms with Crippen molar-refractivity contribution >= 4 is 39.2 Å². The fraction of sp³-hybridized carbons (Fsp3) is 0.438. The average molecular weight is 385 g/mol. The van der Waals surface area contributed by atoms with Crippen molar-refractivity contribution in [2.24, 2.45) is 0 Å². The van der Waals surface area contributed by atoms with Gasteiger partial charge >= 0.3 is 0 Å². The zero-order valence-electron chi connectivity index (χ0n) is 13.6. The summed E-state index contributed by atoms with van der Waals surface area (Å²) in [6.07, 6.45) is 0.375. The maximum Gasteiger partial charge on any atom is 0.262 e. The summed E-state index contributed by atoms with van der Waals surface area (Å²) in [4.78, 5) is 39.7. The molecule has 0 radical (unpaired) electrons. The lowest BCUT2D eigenvalue weighted by Crippen LogP contribution is -2.47. The highest BCUT2D eigenvalue weighted by Crippen LogP contribution is 2.26. The summed E-state index contributed by atoms with van der Waals surface area (Å²) >= 11 is 5.86. The van der Waals surface area contributed by atoms with Crippen LogP contribution in [0.5, 0.6) is 0 Å². The van der Waals surface area contributed by atoms with Gasteiger partial charge < -0.3 is 4.90 Å². The van der Waals surface area contributed by atoms with Gasteiger partial charge in [-0.25, -0.2) is 8.42 Å². The number of nitrogens with zero attached hydrogens (tertiary/aromatic N) is 2. The molecule has 2 heterocycles. The van der Waals surface area contributed by atoms with Crippen LogP contribution >= 0.6 is 11.6 Å². The van der Waals surface area contributed by atoms with Crippen LogP contribution in [0.3, 0.4) is 0 Å². The Bertz CT molecular complexity index is 867. The van der Waals surface area contributed by atoms with E-state index in [9.17, 15) is 22.8 Å². The highest BCUT2D eigenvalue weighted by atomic mass is 35.5. The standard InChI is InChI=1S/C16H17ClN2O5S/c1-2-18(11-5-6-25(23,24)9-11)14(20)8-19-15(21)12-4-3-10(17)7-13(12)16(19)22/h3-4,7,11H,2,5-6,8-9H2,1H3. The SMILES string of the molecule is CCN(C(=O)CN1C(=O)c2ccc(Cl)cc2C1=O)C1CCS(=O)(=O)C1. The molecule has 0 saturated carbocycles. The third-order valence-corrected chi connectivity index (χ3v) is 6.52. The third kappa shape index (κ3) is 3.28. The van der Waals surface area contributed by atoms with Crippen molar-refractivity contribution in [1.82, 2.24) is 9.80 Å². The van der Waals surface area contributed by atoms with E-state index in [-0.39, 0.29) is 22.6 Å². The lowest BCUT2D eigenvalue weighted by atomic mass is 10.1. The number of likely N-dealkylation sites (N-methyl/N-ethyl adjacent to an activating group) is 1. The van der Waals surface area contributed by atoms with E-state index in [2.05, 4.69) is 0 Å². The Morgan fingerprint density at radius 2 is 1.96 bits per heavy atom. The summed E-state index contributed by atoms with van der Waals surface area (Å²) in [6, 6.07) is 3.97. The Morgan fingerprint density at radius 3 is 2.56 bits per heavy atom. The van der Waals surface area contributed by atoms with E-state index in [1.54, 1.807) is 6.92 Å². The van der Waals surface area contributed by atoms with Crippen LogP contribution in [-0.4, -0.2) is 66.6 Å². The largest absolute Gasteiger partial charge is 0.337 e. The van der Waals surface area contributed by atoms with Crippen molar-refractivity contribution < 1.29 is 22.8 Å². The number of imide groups is 1. The number of carbonyl (C=O) groups is 3. The summed E-state index contributed by atoms with van der Waals surface area (Å²) in [5, 5.41) is 0.333. The van der Waals surface area contributed by atoms with Crippen LogP contribution in [0.15, 0.2) is 18.2 Å². The van der Waals surface area contributed by atoms with Crippen LogP contribution in [-0.2, 0) is 14.6 Å². The van der Waals surface area contributed by atoms with Gasteiger partial charge in [0.25, 0.3) is 11.8 Å². The molecule has 1 fully saturated rings. The van der Waals surface area contributed by atoms with Gasteiger partial charge in [0.1, 0.15) is 6.54 Å². The van der Waals surface area contributed by atoms with Crippen molar-refractivity contribution in [1.29, 1.82) is 0 Å². The third-order valence-electron chi connectivity index (χ3n) is 4.54. The second kappa shape index (κ2) is 6.42. The Kier molecular flexibility index (Phi) is 4.59. The van der Waals surface area contributed by atoms with E-state index in [1.165, 1.54) is 23.1 Å². The maximum atomic E-state index is 12.6. The Morgan fingerprint density at radius 1 is 1.28 bits per heavy atom. The molecule has 0 aliphatic carbocycles. The number of fused-ring (bicyclic) bond motifs is 1. The molecule has 134 valence electrons. The summed E-state index contributed by atoms with van der Waals surface area (Å²) in [5.41, 5.74) is 0.394. The molecular formula is C16H17ClN2O5S. The molecule has 1 atom stereocenters. The lowest BCUT2D eigenvalue weighted by Gasteiger charge is -2.28. The van der Waals surface area contributed by atoms with E-state index < -0.39 is 40.1 Å². The Labute approximate surface area is 150 Å². The van der Waals surface area contributed by atoms with Gasteiger partial charge in [0.15, 0.2) is 9.84 Å². The molecule has 1 aromatic rings. The molecular weight excluding hydrogens is 368 g/mol. The molecule has 1 unspecified atom stereocenters. The number of hydrogen-bond acceptors (Lipinski definition) is 5. The molecule has 9 heteroatoms. The Balaban J connectivity index is 1.77. The van der Waals surface area contributed by atoms with E-state index in [1.807, 2.05) is 0 Å². The average Bonchev–Trinajstić information content (AvgIpc) is 3.01. The first kappa shape index (κ1) is 17.9. The van der Waals surface area contributed by atoms with Crippen molar-refractivity contribution in [2.75, 3.05) is 24.6 Å². The molecule has 0 N–H and O–H groups in total. The van der Waals surface area contributed by atoms with Gasteiger partial charge in [-0.05, 0) is 31.5 Å². The molecule has 1 aromatic carbocycles. The van der Waals surface area contributed by atoms with Gasteiger partial charge in [-0.2, -0.15) is 0 Å². The molecule has 3 amide bonds. The highest BCUT2D eigenvalue weighted by Gasteiger charge is 2.39. The van der Waals surface area contributed by atoms with Gasteiger partial charge in [-0.1, -0.05) is 11.6 Å². The molecule has 7 nitrogen and oxygen atoms in total. The van der Waals surface area contributed by atoms with Gasteiger partial charge in [0.05, 0.1) is 22.6 Å². The minimum absolute atomic E-state index is 0.0486. The quantitative estimate of drug-likeness (QED) is 0.721. The number of carbonyl (C=O) groups excluding carboxylic acids is 3. The summed E-state index contributed by atoms with van der Waals surface area (Å²) in [7, 11) is -3.14.